The predicted molar refractivity (Wildman–Crippen MR) is 139 cm³/mol. The lowest BCUT2D eigenvalue weighted by molar-refractivity contribution is 0.251. The maximum Gasteiger partial charge on any atom is 0.319 e. The summed E-state index contributed by atoms with van der Waals surface area (Å²) in [4.78, 5) is 24.0. The first-order valence-corrected chi connectivity index (χ1v) is 13.1. The highest BCUT2D eigenvalue weighted by molar-refractivity contribution is 7.22. The number of nitrogens with one attached hydrogen (secondary N) is 2. The molecule has 2 amide bonds. The molecule has 37 heavy (non-hydrogen) atoms. The van der Waals surface area contributed by atoms with Gasteiger partial charge in [-0.1, -0.05) is 6.07 Å². The van der Waals surface area contributed by atoms with Crippen LogP contribution >= 0.6 is 11.3 Å². The minimum Gasteiger partial charge on any atom is -0.453 e. The SMILES string of the molecule is O=C(Nc1ccc(Oc2ccnc3cc(-c4ccc(CN5CCC(F)C5)cn4)sc23)c(F)c1)NC1CC1. The highest BCUT2D eigenvalue weighted by Crippen LogP contribution is 2.39. The number of aromatic nitrogens is 2. The van der Waals surface area contributed by atoms with Gasteiger partial charge in [0.1, 0.15) is 11.9 Å². The van der Waals surface area contributed by atoms with Crippen molar-refractivity contribution in [1.29, 1.82) is 0 Å². The first-order chi connectivity index (χ1) is 18.0. The van der Waals surface area contributed by atoms with Crippen molar-refractivity contribution in [3.8, 4) is 22.1 Å². The van der Waals surface area contributed by atoms with Crippen LogP contribution in [0.3, 0.4) is 0 Å². The number of likely N-dealkylation sites (tertiary alicyclic amines) is 1. The molecule has 4 heterocycles. The number of nitrogens with zero attached hydrogens (tertiary/aromatic N) is 3. The summed E-state index contributed by atoms with van der Waals surface area (Å²) in [5.41, 5.74) is 2.92. The van der Waals surface area contributed by atoms with Gasteiger partial charge in [0.25, 0.3) is 0 Å². The third kappa shape index (κ3) is 5.55. The molecule has 0 bridgehead atoms. The topological polar surface area (TPSA) is 79.4 Å². The average Bonchev–Trinajstić information content (AvgIpc) is 3.42. The summed E-state index contributed by atoms with van der Waals surface area (Å²) in [5.74, 6) is -0.0467. The lowest BCUT2D eigenvalue weighted by Crippen LogP contribution is -2.30. The number of rotatable bonds is 7. The van der Waals surface area contributed by atoms with Gasteiger partial charge in [-0.15, -0.1) is 11.3 Å². The smallest absolute Gasteiger partial charge is 0.319 e. The molecule has 190 valence electrons. The zero-order valence-electron chi connectivity index (χ0n) is 19.9. The van der Waals surface area contributed by atoms with Crippen LogP contribution in [0.2, 0.25) is 0 Å². The first kappa shape index (κ1) is 23.7. The van der Waals surface area contributed by atoms with Crippen LogP contribution in [-0.4, -0.2) is 46.2 Å². The van der Waals surface area contributed by atoms with Crippen molar-refractivity contribution >= 4 is 33.3 Å². The number of anilines is 1. The molecule has 1 aliphatic carbocycles. The van der Waals surface area contributed by atoms with Crippen LogP contribution in [0.1, 0.15) is 24.8 Å². The molecule has 1 unspecified atom stereocenters. The normalized spacial score (nSPS) is 17.7. The molecular formula is C27H25F2N5O2S. The number of hydrogen-bond donors (Lipinski definition) is 2. The third-order valence-electron chi connectivity index (χ3n) is 6.40. The van der Waals surface area contributed by atoms with Crippen LogP contribution in [0.25, 0.3) is 20.8 Å². The monoisotopic (exact) mass is 521 g/mol. The van der Waals surface area contributed by atoms with Gasteiger partial charge in [0.2, 0.25) is 0 Å². The van der Waals surface area contributed by atoms with Gasteiger partial charge >= 0.3 is 6.03 Å². The highest BCUT2D eigenvalue weighted by atomic mass is 32.1. The minimum absolute atomic E-state index is 0.0514. The first-order valence-electron chi connectivity index (χ1n) is 12.3. The third-order valence-corrected chi connectivity index (χ3v) is 7.56. The molecular weight excluding hydrogens is 496 g/mol. The van der Waals surface area contributed by atoms with Crippen molar-refractivity contribution in [2.24, 2.45) is 0 Å². The number of fused-ring (bicyclic) bond motifs is 1. The maximum atomic E-state index is 14.8. The molecule has 1 saturated carbocycles. The van der Waals surface area contributed by atoms with Crippen LogP contribution in [0.5, 0.6) is 11.5 Å². The number of hydrogen-bond acceptors (Lipinski definition) is 6. The van der Waals surface area contributed by atoms with Crippen LogP contribution in [0, 0.1) is 5.82 Å². The number of halogens is 2. The molecule has 1 atom stereocenters. The Morgan fingerprint density at radius 2 is 2.00 bits per heavy atom. The number of carbonyl (C=O) groups is 1. The van der Waals surface area contributed by atoms with E-state index in [1.807, 2.05) is 24.4 Å². The van der Waals surface area contributed by atoms with E-state index in [0.29, 0.717) is 30.9 Å². The zero-order chi connectivity index (χ0) is 25.4. The lowest BCUT2D eigenvalue weighted by Gasteiger charge is -2.14. The van der Waals surface area contributed by atoms with Gasteiger partial charge in [0.15, 0.2) is 11.6 Å². The van der Waals surface area contributed by atoms with Gasteiger partial charge in [-0.25, -0.2) is 13.6 Å². The van der Waals surface area contributed by atoms with Crippen molar-refractivity contribution in [2.45, 2.75) is 38.0 Å². The second-order valence-corrected chi connectivity index (χ2v) is 10.5. The molecule has 10 heteroatoms. The molecule has 1 aliphatic heterocycles. The fourth-order valence-electron chi connectivity index (χ4n) is 4.33. The lowest BCUT2D eigenvalue weighted by atomic mass is 10.2. The average molecular weight is 522 g/mol. The Bertz CT molecular complexity index is 1440. The second-order valence-electron chi connectivity index (χ2n) is 9.43. The zero-order valence-corrected chi connectivity index (χ0v) is 20.7. The summed E-state index contributed by atoms with van der Waals surface area (Å²) in [6.07, 6.45) is 5.24. The minimum atomic E-state index is -0.740. The summed E-state index contributed by atoms with van der Waals surface area (Å²) < 4.78 is 34.9. The Hall–Kier alpha value is -3.63. The van der Waals surface area contributed by atoms with E-state index in [2.05, 4.69) is 25.5 Å². The van der Waals surface area contributed by atoms with E-state index in [1.165, 1.54) is 23.5 Å². The Balaban J connectivity index is 1.17. The standard InChI is InChI=1S/C27H25F2N5O2S/c28-17-8-10-34(15-17)14-16-1-5-21(31-13-16)25-12-22-26(37-25)24(7-9-30-22)36-23-6-4-19(11-20(23)29)33-27(35)32-18-2-3-18/h1,4-7,9,11-13,17-18H,2-3,8,10,14-15H2,(H2,32,33,35). The Labute approximate surface area is 216 Å². The molecule has 3 aromatic heterocycles. The molecule has 2 N–H and O–H groups in total. The summed E-state index contributed by atoms with van der Waals surface area (Å²) in [6, 6.07) is 11.8. The van der Waals surface area contributed by atoms with E-state index in [-0.39, 0.29) is 17.8 Å². The fourth-order valence-corrected chi connectivity index (χ4v) is 5.37. The number of pyridine rings is 2. The molecule has 2 aliphatic rings. The van der Waals surface area contributed by atoms with E-state index in [4.69, 9.17) is 4.74 Å². The number of benzene rings is 1. The van der Waals surface area contributed by atoms with Crippen molar-refractivity contribution in [2.75, 3.05) is 18.4 Å². The molecule has 0 spiro atoms. The largest absolute Gasteiger partial charge is 0.453 e. The quantitative estimate of drug-likeness (QED) is 0.306. The number of urea groups is 1. The van der Waals surface area contributed by atoms with Crippen molar-refractivity contribution < 1.29 is 18.3 Å². The Kier molecular flexibility index (Phi) is 6.43. The van der Waals surface area contributed by atoms with E-state index >= 15 is 0 Å². The van der Waals surface area contributed by atoms with Crippen molar-refractivity contribution in [3.63, 3.8) is 0 Å². The summed E-state index contributed by atoms with van der Waals surface area (Å²) in [5, 5.41) is 5.44. The Morgan fingerprint density at radius 3 is 2.73 bits per heavy atom. The van der Waals surface area contributed by atoms with Crippen LogP contribution < -0.4 is 15.4 Å². The maximum absolute atomic E-state index is 14.8. The number of alkyl halides is 1. The summed E-state index contributed by atoms with van der Waals surface area (Å²) in [6.45, 7) is 1.93. The van der Waals surface area contributed by atoms with Gasteiger partial charge in [0, 0.05) is 55.9 Å². The van der Waals surface area contributed by atoms with Gasteiger partial charge in [-0.3, -0.25) is 14.9 Å². The number of carbonyl (C=O) groups excluding carboxylic acids is 1. The van der Waals surface area contributed by atoms with Crippen molar-refractivity contribution in [1.82, 2.24) is 20.2 Å². The summed E-state index contributed by atoms with van der Waals surface area (Å²) >= 11 is 1.47. The van der Waals surface area contributed by atoms with Crippen LogP contribution in [0.15, 0.2) is 54.9 Å². The number of ether oxygens (including phenoxy) is 1. The second kappa shape index (κ2) is 10.0. The molecule has 1 saturated heterocycles. The van der Waals surface area contributed by atoms with Gasteiger partial charge in [-0.2, -0.15) is 0 Å². The van der Waals surface area contributed by atoms with E-state index in [0.717, 1.165) is 45.7 Å². The molecule has 7 nitrogen and oxygen atoms in total. The predicted octanol–water partition coefficient (Wildman–Crippen LogP) is 6.12. The molecule has 2 fully saturated rings. The van der Waals surface area contributed by atoms with E-state index in [1.54, 1.807) is 18.3 Å². The van der Waals surface area contributed by atoms with E-state index < -0.39 is 12.0 Å². The summed E-state index contributed by atoms with van der Waals surface area (Å²) in [7, 11) is 0. The molecule has 6 rings (SSSR count). The highest BCUT2D eigenvalue weighted by Gasteiger charge is 2.23. The number of thiophene rings is 1. The van der Waals surface area contributed by atoms with Crippen LogP contribution in [0.4, 0.5) is 19.3 Å². The fraction of sp³-hybridized carbons (Fsp3) is 0.296. The number of amides is 2. The molecule has 4 aromatic rings. The van der Waals surface area contributed by atoms with Gasteiger partial charge in [-0.05, 0) is 49.1 Å². The van der Waals surface area contributed by atoms with Gasteiger partial charge < -0.3 is 15.4 Å². The van der Waals surface area contributed by atoms with Gasteiger partial charge in [0.05, 0.1) is 20.8 Å². The Morgan fingerprint density at radius 1 is 1.11 bits per heavy atom. The van der Waals surface area contributed by atoms with Crippen molar-refractivity contribution in [3.05, 3.63) is 66.2 Å². The molecule has 0 radical (unpaired) electrons. The van der Waals surface area contributed by atoms with E-state index in [9.17, 15) is 13.6 Å². The molecule has 1 aromatic carbocycles. The van der Waals surface area contributed by atoms with Crippen LogP contribution in [-0.2, 0) is 6.54 Å².